The minimum Gasteiger partial charge on any atom is -0.481 e. The molecule has 2 heterocycles. The van der Waals surface area contributed by atoms with Crippen molar-refractivity contribution in [1.29, 1.82) is 0 Å². The number of carbonyl (C=O) groups is 1. The number of aliphatic hydroxyl groups is 1. The van der Waals surface area contributed by atoms with Crippen LogP contribution in [0.4, 0.5) is 0 Å². The molecule has 0 aromatic heterocycles. The molecule has 3 unspecified atom stereocenters. The fraction of sp³-hybridized carbons (Fsp3) is 0.462. The van der Waals surface area contributed by atoms with Crippen molar-refractivity contribution in [3.05, 3.63) is 23.8 Å². The van der Waals surface area contributed by atoms with Crippen LogP contribution >= 0.6 is 0 Å². The van der Waals surface area contributed by atoms with Crippen LogP contribution in [0, 0.1) is 5.92 Å². The number of piperidine rings is 1. The van der Waals surface area contributed by atoms with E-state index in [4.69, 9.17) is 14.6 Å². The number of para-hydroxylation sites is 1. The zero-order chi connectivity index (χ0) is 13.4. The van der Waals surface area contributed by atoms with Crippen LogP contribution in [0.1, 0.15) is 18.0 Å². The number of aliphatic carboxylic acids is 1. The third-order valence-electron chi connectivity index (χ3n) is 3.65. The first-order valence-electron chi connectivity index (χ1n) is 6.19. The maximum absolute atomic E-state index is 11.0. The highest BCUT2D eigenvalue weighted by Crippen LogP contribution is 2.40. The SMILES string of the molecule is O=C(O)C1CNC(c2cccc3c2OCO3)CC1O. The first-order chi connectivity index (χ1) is 9.16. The van der Waals surface area contributed by atoms with Gasteiger partial charge in [0.05, 0.1) is 12.0 Å². The second kappa shape index (κ2) is 4.71. The number of fused-ring (bicyclic) bond motifs is 1. The number of benzene rings is 1. The summed E-state index contributed by atoms with van der Waals surface area (Å²) in [6.07, 6.45) is -0.515. The third kappa shape index (κ3) is 2.13. The number of ether oxygens (including phenoxy) is 2. The van der Waals surface area contributed by atoms with Gasteiger partial charge in [-0.15, -0.1) is 0 Å². The van der Waals surface area contributed by atoms with Crippen LogP contribution in [0.15, 0.2) is 18.2 Å². The molecule has 1 aromatic carbocycles. The smallest absolute Gasteiger partial charge is 0.310 e. The Balaban J connectivity index is 1.82. The Bertz CT molecular complexity index is 504. The average Bonchev–Trinajstić information content (AvgIpc) is 2.86. The summed E-state index contributed by atoms with van der Waals surface area (Å²) < 4.78 is 10.7. The molecular formula is C13H15NO5. The lowest BCUT2D eigenvalue weighted by Crippen LogP contribution is -2.45. The molecule has 6 heteroatoms. The predicted octanol–water partition coefficient (Wildman–Crippen LogP) is 0.511. The van der Waals surface area contributed by atoms with E-state index in [2.05, 4.69) is 5.32 Å². The van der Waals surface area contributed by atoms with E-state index in [1.165, 1.54) is 0 Å². The highest BCUT2D eigenvalue weighted by molar-refractivity contribution is 5.71. The van der Waals surface area contributed by atoms with E-state index in [0.29, 0.717) is 17.9 Å². The summed E-state index contributed by atoms with van der Waals surface area (Å²) in [5.74, 6) is -0.364. The van der Waals surface area contributed by atoms with Crippen molar-refractivity contribution in [2.24, 2.45) is 5.92 Å². The highest BCUT2D eigenvalue weighted by Gasteiger charge is 2.36. The first-order valence-corrected chi connectivity index (χ1v) is 6.19. The molecule has 0 radical (unpaired) electrons. The van der Waals surface area contributed by atoms with E-state index in [9.17, 15) is 9.90 Å². The van der Waals surface area contributed by atoms with Crippen molar-refractivity contribution in [2.75, 3.05) is 13.3 Å². The van der Waals surface area contributed by atoms with Crippen molar-refractivity contribution in [1.82, 2.24) is 5.32 Å². The molecule has 1 fully saturated rings. The van der Waals surface area contributed by atoms with E-state index in [1.54, 1.807) is 0 Å². The number of carboxylic acid groups (broad SMARTS) is 1. The van der Waals surface area contributed by atoms with Crippen LogP contribution in [0.3, 0.4) is 0 Å². The van der Waals surface area contributed by atoms with E-state index in [1.807, 2.05) is 18.2 Å². The highest BCUT2D eigenvalue weighted by atomic mass is 16.7. The second-order valence-corrected chi connectivity index (χ2v) is 4.79. The molecule has 0 aliphatic carbocycles. The number of carboxylic acids is 1. The average molecular weight is 265 g/mol. The maximum Gasteiger partial charge on any atom is 0.310 e. The molecule has 3 atom stereocenters. The van der Waals surface area contributed by atoms with Gasteiger partial charge in [0.1, 0.15) is 0 Å². The van der Waals surface area contributed by atoms with Gasteiger partial charge in [0.25, 0.3) is 0 Å². The number of nitrogens with one attached hydrogen (secondary N) is 1. The number of hydrogen-bond donors (Lipinski definition) is 3. The van der Waals surface area contributed by atoms with Gasteiger partial charge >= 0.3 is 5.97 Å². The van der Waals surface area contributed by atoms with Crippen molar-refractivity contribution in [3.8, 4) is 11.5 Å². The summed E-state index contributed by atoms with van der Waals surface area (Å²) in [5, 5.41) is 22.1. The van der Waals surface area contributed by atoms with Crippen molar-refractivity contribution < 1.29 is 24.5 Å². The molecule has 2 aliphatic rings. The lowest BCUT2D eigenvalue weighted by Gasteiger charge is -2.32. The lowest BCUT2D eigenvalue weighted by molar-refractivity contribution is -0.147. The van der Waals surface area contributed by atoms with Gasteiger partial charge in [-0.05, 0) is 12.5 Å². The van der Waals surface area contributed by atoms with E-state index >= 15 is 0 Å². The molecule has 1 aromatic rings. The molecule has 0 amide bonds. The molecule has 102 valence electrons. The van der Waals surface area contributed by atoms with Gasteiger partial charge in [-0.3, -0.25) is 4.79 Å². The van der Waals surface area contributed by atoms with Crippen molar-refractivity contribution in [3.63, 3.8) is 0 Å². The molecular weight excluding hydrogens is 250 g/mol. The van der Waals surface area contributed by atoms with Gasteiger partial charge in [0.2, 0.25) is 6.79 Å². The van der Waals surface area contributed by atoms with Gasteiger partial charge in [0.15, 0.2) is 11.5 Å². The zero-order valence-corrected chi connectivity index (χ0v) is 10.2. The number of hydrogen-bond acceptors (Lipinski definition) is 5. The zero-order valence-electron chi connectivity index (χ0n) is 10.2. The molecule has 0 saturated carbocycles. The van der Waals surface area contributed by atoms with E-state index < -0.39 is 18.0 Å². The van der Waals surface area contributed by atoms with Gasteiger partial charge in [-0.25, -0.2) is 0 Å². The van der Waals surface area contributed by atoms with Crippen LogP contribution < -0.4 is 14.8 Å². The molecule has 0 spiro atoms. The normalized spacial score (nSPS) is 29.2. The Labute approximate surface area is 110 Å². The lowest BCUT2D eigenvalue weighted by atomic mass is 9.88. The van der Waals surface area contributed by atoms with Gasteiger partial charge in [0, 0.05) is 18.2 Å². The summed E-state index contributed by atoms with van der Waals surface area (Å²) in [7, 11) is 0. The maximum atomic E-state index is 11.0. The number of rotatable bonds is 2. The molecule has 1 saturated heterocycles. The summed E-state index contributed by atoms with van der Waals surface area (Å²) >= 11 is 0. The van der Waals surface area contributed by atoms with Crippen LogP contribution in [0.25, 0.3) is 0 Å². The first kappa shape index (κ1) is 12.3. The van der Waals surface area contributed by atoms with Crippen molar-refractivity contribution in [2.45, 2.75) is 18.6 Å². The Morgan fingerprint density at radius 1 is 1.37 bits per heavy atom. The largest absolute Gasteiger partial charge is 0.481 e. The Hall–Kier alpha value is -1.79. The predicted molar refractivity (Wildman–Crippen MR) is 65.1 cm³/mol. The fourth-order valence-corrected chi connectivity index (χ4v) is 2.61. The van der Waals surface area contributed by atoms with Gasteiger partial charge in [-0.1, -0.05) is 12.1 Å². The Morgan fingerprint density at radius 2 is 2.21 bits per heavy atom. The summed E-state index contributed by atoms with van der Waals surface area (Å²) in [6.45, 7) is 0.436. The third-order valence-corrected chi connectivity index (χ3v) is 3.65. The van der Waals surface area contributed by atoms with E-state index in [0.717, 1.165) is 5.56 Å². The van der Waals surface area contributed by atoms with Crippen LogP contribution in [0.2, 0.25) is 0 Å². The summed E-state index contributed by atoms with van der Waals surface area (Å²) in [4.78, 5) is 11.0. The quantitative estimate of drug-likeness (QED) is 0.722. The molecule has 19 heavy (non-hydrogen) atoms. The Kier molecular flexibility index (Phi) is 3.04. The molecule has 6 nitrogen and oxygen atoms in total. The standard InChI is InChI=1S/C13H15NO5/c15-10-4-9(14-5-8(10)13(16)17)7-2-1-3-11-12(7)19-6-18-11/h1-3,8-10,14-15H,4-6H2,(H,16,17). The topological polar surface area (TPSA) is 88.0 Å². The summed E-state index contributed by atoms with van der Waals surface area (Å²) in [6, 6.07) is 5.46. The van der Waals surface area contributed by atoms with Gasteiger partial charge in [-0.2, -0.15) is 0 Å². The molecule has 3 N–H and O–H groups in total. The molecule has 0 bridgehead atoms. The summed E-state index contributed by atoms with van der Waals surface area (Å²) in [5.41, 5.74) is 0.901. The van der Waals surface area contributed by atoms with E-state index in [-0.39, 0.29) is 19.4 Å². The molecule has 2 aliphatic heterocycles. The molecule has 3 rings (SSSR count). The van der Waals surface area contributed by atoms with Crippen LogP contribution in [-0.4, -0.2) is 35.6 Å². The monoisotopic (exact) mass is 265 g/mol. The Morgan fingerprint density at radius 3 is 2.95 bits per heavy atom. The van der Waals surface area contributed by atoms with Crippen LogP contribution in [0.5, 0.6) is 11.5 Å². The minimum absolute atomic E-state index is 0.123. The fourth-order valence-electron chi connectivity index (χ4n) is 2.61. The number of aliphatic hydroxyl groups excluding tert-OH is 1. The van der Waals surface area contributed by atoms with Gasteiger partial charge < -0.3 is 25.0 Å². The van der Waals surface area contributed by atoms with Crippen LogP contribution in [-0.2, 0) is 4.79 Å². The second-order valence-electron chi connectivity index (χ2n) is 4.79. The van der Waals surface area contributed by atoms with Crippen molar-refractivity contribution >= 4 is 5.97 Å². The minimum atomic E-state index is -0.976.